The molecule has 32 heavy (non-hydrogen) atoms. The lowest BCUT2D eigenvalue weighted by atomic mass is 9.98. The maximum absolute atomic E-state index is 13.8. The van der Waals surface area contributed by atoms with Gasteiger partial charge in [-0.25, -0.2) is 8.78 Å². The summed E-state index contributed by atoms with van der Waals surface area (Å²) < 4.78 is 33.2. The minimum atomic E-state index is -0.901. The van der Waals surface area contributed by atoms with Gasteiger partial charge in [-0.05, 0) is 41.8 Å². The molecule has 0 fully saturated rings. The Labute approximate surface area is 185 Å². The Morgan fingerprint density at radius 2 is 1.78 bits per heavy atom. The molecule has 1 unspecified atom stereocenters. The third-order valence-corrected chi connectivity index (χ3v) is 6.21. The number of halogens is 2. The Hall–Kier alpha value is -3.46. The number of carbonyl (C=O) groups excluding carboxylic acids is 1. The highest BCUT2D eigenvalue weighted by Gasteiger charge is 2.45. The number of nitrogens with zero attached hydrogens (tertiary/aromatic N) is 3. The monoisotopic (exact) mass is 453 g/mol. The number of benzene rings is 2. The van der Waals surface area contributed by atoms with Gasteiger partial charge in [0.25, 0.3) is 5.91 Å². The summed E-state index contributed by atoms with van der Waals surface area (Å²) in [7, 11) is 0. The number of hydrogen-bond donors (Lipinski definition) is 0. The molecule has 2 aromatic heterocycles. The van der Waals surface area contributed by atoms with Crippen LogP contribution in [0, 0.1) is 17.6 Å². The molecule has 6 nitrogen and oxygen atoms in total. The second kappa shape index (κ2) is 7.59. The number of carbonyl (C=O) groups is 1. The van der Waals surface area contributed by atoms with Gasteiger partial charge in [0.05, 0.1) is 17.0 Å². The zero-order chi connectivity index (χ0) is 22.6. The third-order valence-electron chi connectivity index (χ3n) is 5.26. The first kappa shape index (κ1) is 20.4. The second-order valence-electron chi connectivity index (χ2n) is 8.02. The van der Waals surface area contributed by atoms with Crippen molar-refractivity contribution in [3.63, 3.8) is 0 Å². The molecule has 0 aliphatic carbocycles. The molecule has 0 bridgehead atoms. The number of anilines is 1. The molecule has 4 aromatic rings. The quantitative estimate of drug-likeness (QED) is 0.441. The molecular weight excluding hydrogens is 436 g/mol. The van der Waals surface area contributed by atoms with E-state index in [0.29, 0.717) is 23.0 Å². The van der Waals surface area contributed by atoms with E-state index in [0.717, 1.165) is 17.1 Å². The second-order valence-corrected chi connectivity index (χ2v) is 9.06. The summed E-state index contributed by atoms with van der Waals surface area (Å²) in [5.41, 5.74) is 0.168. The van der Waals surface area contributed by atoms with Crippen molar-refractivity contribution in [1.82, 2.24) is 10.2 Å². The van der Waals surface area contributed by atoms with Crippen LogP contribution < -0.4 is 10.3 Å². The molecule has 0 spiro atoms. The highest BCUT2D eigenvalue weighted by molar-refractivity contribution is 7.15. The van der Waals surface area contributed by atoms with Crippen LogP contribution in [0.4, 0.5) is 13.9 Å². The Morgan fingerprint density at radius 1 is 1.06 bits per heavy atom. The maximum Gasteiger partial charge on any atom is 0.297 e. The van der Waals surface area contributed by atoms with Crippen molar-refractivity contribution in [2.45, 2.75) is 26.3 Å². The van der Waals surface area contributed by atoms with Gasteiger partial charge in [0.1, 0.15) is 22.2 Å². The van der Waals surface area contributed by atoms with Crippen LogP contribution in [0.2, 0.25) is 0 Å². The van der Waals surface area contributed by atoms with Gasteiger partial charge in [-0.3, -0.25) is 14.5 Å². The molecule has 1 atom stereocenters. The van der Waals surface area contributed by atoms with Crippen LogP contribution >= 0.6 is 11.3 Å². The van der Waals surface area contributed by atoms with Gasteiger partial charge in [-0.15, -0.1) is 10.2 Å². The zero-order valence-corrected chi connectivity index (χ0v) is 18.0. The van der Waals surface area contributed by atoms with Crippen molar-refractivity contribution in [1.29, 1.82) is 0 Å². The van der Waals surface area contributed by atoms with E-state index >= 15 is 0 Å². The Kier molecular flexibility index (Phi) is 4.85. The molecule has 0 N–H and O–H groups in total. The van der Waals surface area contributed by atoms with Crippen molar-refractivity contribution in [2.75, 3.05) is 4.90 Å². The largest absolute Gasteiger partial charge is 0.450 e. The lowest BCUT2D eigenvalue weighted by Crippen LogP contribution is -2.29. The fraction of sp³-hybridized carbons (Fsp3) is 0.217. The zero-order valence-electron chi connectivity index (χ0n) is 17.1. The number of rotatable bonds is 4. The van der Waals surface area contributed by atoms with Crippen molar-refractivity contribution in [3.8, 4) is 0 Å². The molecule has 0 saturated heterocycles. The van der Waals surface area contributed by atoms with Crippen LogP contribution in [0.25, 0.3) is 11.0 Å². The average Bonchev–Trinajstić information content (AvgIpc) is 3.31. The lowest BCUT2D eigenvalue weighted by Gasteiger charge is -2.22. The Bertz CT molecular complexity index is 1410. The summed E-state index contributed by atoms with van der Waals surface area (Å²) in [6.07, 6.45) is 0.689. The van der Waals surface area contributed by atoms with Crippen LogP contribution in [0.3, 0.4) is 0 Å². The van der Waals surface area contributed by atoms with E-state index < -0.39 is 29.0 Å². The summed E-state index contributed by atoms with van der Waals surface area (Å²) in [6.45, 7) is 4.10. The predicted octanol–water partition coefficient (Wildman–Crippen LogP) is 4.87. The van der Waals surface area contributed by atoms with Gasteiger partial charge >= 0.3 is 0 Å². The van der Waals surface area contributed by atoms with Gasteiger partial charge in [0.15, 0.2) is 5.43 Å². The predicted molar refractivity (Wildman–Crippen MR) is 116 cm³/mol. The summed E-state index contributed by atoms with van der Waals surface area (Å²) in [6, 6.07) is 8.17. The number of hydrogen-bond acceptors (Lipinski definition) is 6. The molecule has 5 rings (SSSR count). The van der Waals surface area contributed by atoms with Crippen LogP contribution in [0.1, 0.15) is 46.6 Å². The lowest BCUT2D eigenvalue weighted by molar-refractivity contribution is 0.0970. The first-order valence-electron chi connectivity index (χ1n) is 10.0. The standard InChI is InChI=1S/C23H17F2N3O3S/c1-11(2)9-17-26-27-23(32-17)28-19(12-3-5-13(24)6-4-12)18-20(29)15-10-14(25)7-8-16(15)31-21(18)22(28)30/h3-8,10-11,19H,9H2,1-2H3. The first-order chi connectivity index (χ1) is 15.3. The number of fused-ring (bicyclic) bond motifs is 2. The van der Waals surface area contributed by atoms with Crippen molar-refractivity contribution in [2.24, 2.45) is 5.92 Å². The molecule has 1 amide bonds. The topological polar surface area (TPSA) is 76.3 Å². The minimum Gasteiger partial charge on any atom is -0.450 e. The first-order valence-corrected chi connectivity index (χ1v) is 10.8. The summed E-state index contributed by atoms with van der Waals surface area (Å²) in [5, 5.41) is 9.46. The highest BCUT2D eigenvalue weighted by atomic mass is 32.1. The van der Waals surface area contributed by atoms with E-state index in [9.17, 15) is 18.4 Å². The normalized spacial score (nSPS) is 15.7. The van der Waals surface area contributed by atoms with Crippen LogP contribution in [0.5, 0.6) is 0 Å². The SMILES string of the molecule is CC(C)Cc1nnc(N2C(=O)c3oc4ccc(F)cc4c(=O)c3C2c2ccc(F)cc2)s1. The van der Waals surface area contributed by atoms with E-state index in [2.05, 4.69) is 10.2 Å². The van der Waals surface area contributed by atoms with Crippen LogP contribution in [-0.4, -0.2) is 16.1 Å². The fourth-order valence-electron chi connectivity index (χ4n) is 3.88. The molecule has 1 aliphatic rings. The van der Waals surface area contributed by atoms with E-state index in [4.69, 9.17) is 4.42 Å². The van der Waals surface area contributed by atoms with Crippen molar-refractivity contribution in [3.05, 3.63) is 86.2 Å². The van der Waals surface area contributed by atoms with Gasteiger partial charge in [0, 0.05) is 6.42 Å². The number of amides is 1. The summed E-state index contributed by atoms with van der Waals surface area (Å²) in [5.74, 6) is -1.38. The molecule has 162 valence electrons. The van der Waals surface area contributed by atoms with E-state index in [1.165, 1.54) is 46.6 Å². The smallest absolute Gasteiger partial charge is 0.297 e. The highest BCUT2D eigenvalue weighted by Crippen LogP contribution is 2.42. The fourth-order valence-corrected chi connectivity index (χ4v) is 4.95. The molecular formula is C23H17F2N3O3S. The summed E-state index contributed by atoms with van der Waals surface area (Å²) in [4.78, 5) is 28.2. The van der Waals surface area contributed by atoms with Gasteiger partial charge in [-0.2, -0.15) is 0 Å². The maximum atomic E-state index is 13.8. The third kappa shape index (κ3) is 3.29. The van der Waals surface area contributed by atoms with E-state index in [1.807, 2.05) is 13.8 Å². The molecule has 2 aromatic carbocycles. The van der Waals surface area contributed by atoms with Crippen molar-refractivity contribution >= 4 is 33.3 Å². The molecule has 9 heteroatoms. The summed E-state index contributed by atoms with van der Waals surface area (Å²) >= 11 is 1.25. The average molecular weight is 453 g/mol. The Balaban J connectivity index is 1.74. The van der Waals surface area contributed by atoms with Gasteiger partial charge in [0.2, 0.25) is 10.9 Å². The van der Waals surface area contributed by atoms with Crippen LogP contribution in [-0.2, 0) is 6.42 Å². The molecule has 3 heterocycles. The van der Waals surface area contributed by atoms with Crippen LogP contribution in [0.15, 0.2) is 51.7 Å². The molecule has 1 aliphatic heterocycles. The Morgan fingerprint density at radius 3 is 2.50 bits per heavy atom. The van der Waals surface area contributed by atoms with Gasteiger partial charge in [-0.1, -0.05) is 37.3 Å². The van der Waals surface area contributed by atoms with E-state index in [1.54, 1.807) is 0 Å². The van der Waals surface area contributed by atoms with Gasteiger partial charge < -0.3 is 4.42 Å². The van der Waals surface area contributed by atoms with E-state index in [-0.39, 0.29) is 22.3 Å². The van der Waals surface area contributed by atoms with Crippen molar-refractivity contribution < 1.29 is 18.0 Å². The minimum absolute atomic E-state index is 0.0308. The molecule has 0 saturated carbocycles. The molecule has 0 radical (unpaired) electrons. The number of aromatic nitrogens is 2.